The lowest BCUT2D eigenvalue weighted by Gasteiger charge is -1.99. The highest BCUT2D eigenvalue weighted by Crippen LogP contribution is 1.95. The van der Waals surface area contributed by atoms with Crippen LogP contribution in [-0.4, -0.2) is 5.97 Å². The molecule has 9 heavy (non-hydrogen) atoms. The highest BCUT2D eigenvalue weighted by Gasteiger charge is 2.04. The molecule has 0 aliphatic carbocycles. The lowest BCUT2D eigenvalue weighted by molar-refractivity contribution is -0.141. The zero-order valence-electron chi connectivity index (χ0n) is 6.05. The van der Waals surface area contributed by atoms with E-state index >= 15 is 0 Å². The van der Waals surface area contributed by atoms with E-state index in [0.717, 1.165) is 0 Å². The van der Waals surface area contributed by atoms with Crippen molar-refractivity contribution in [1.29, 1.82) is 0 Å². The van der Waals surface area contributed by atoms with E-state index in [1.807, 2.05) is 0 Å². The van der Waals surface area contributed by atoms with Crippen molar-refractivity contribution in [3.05, 3.63) is 12.3 Å². The zero-order valence-corrected chi connectivity index (χ0v) is 6.05. The molecule has 0 saturated heterocycles. The van der Waals surface area contributed by atoms with Gasteiger partial charge in [-0.1, -0.05) is 19.9 Å². The summed E-state index contributed by atoms with van der Waals surface area (Å²) in [4.78, 5) is 10.6. The number of ether oxygens (including phenoxy) is 1. The Morgan fingerprint density at radius 3 is 2.44 bits per heavy atom. The van der Waals surface area contributed by atoms with Crippen LogP contribution >= 0.6 is 0 Å². The van der Waals surface area contributed by atoms with Crippen LogP contribution in [0.5, 0.6) is 0 Å². The zero-order chi connectivity index (χ0) is 7.28. The van der Waals surface area contributed by atoms with Gasteiger partial charge in [0, 0.05) is 0 Å². The number of esters is 1. The summed E-state index contributed by atoms with van der Waals surface area (Å²) in [5.41, 5.74) is 0. The van der Waals surface area contributed by atoms with E-state index in [9.17, 15) is 4.79 Å². The minimum atomic E-state index is -0.187. The van der Waals surface area contributed by atoms with Crippen molar-refractivity contribution in [2.24, 2.45) is 5.92 Å². The Hall–Kier alpha value is -0.790. The average molecular weight is 128 g/mol. The van der Waals surface area contributed by atoms with E-state index in [2.05, 4.69) is 4.74 Å². The Bertz CT molecular complexity index is 114. The summed E-state index contributed by atoms with van der Waals surface area (Å²) in [7, 11) is 0. The molecule has 0 aliphatic rings. The number of hydrogen-bond acceptors (Lipinski definition) is 2. The van der Waals surface area contributed by atoms with Gasteiger partial charge in [-0.2, -0.15) is 0 Å². The number of hydrogen-bond donors (Lipinski definition) is 0. The van der Waals surface area contributed by atoms with Crippen molar-refractivity contribution in [3.8, 4) is 0 Å². The predicted octanol–water partition coefficient (Wildman–Crippen LogP) is 1.72. The van der Waals surface area contributed by atoms with Crippen LogP contribution in [0.4, 0.5) is 0 Å². The maximum absolute atomic E-state index is 10.6. The molecule has 2 nitrogen and oxygen atoms in total. The van der Waals surface area contributed by atoms with Crippen molar-refractivity contribution in [3.63, 3.8) is 0 Å². The molecule has 0 atom stereocenters. The molecule has 52 valence electrons. The van der Waals surface area contributed by atoms with Crippen molar-refractivity contribution in [2.45, 2.75) is 20.8 Å². The van der Waals surface area contributed by atoms with Gasteiger partial charge >= 0.3 is 5.97 Å². The highest BCUT2D eigenvalue weighted by atomic mass is 16.5. The molecule has 0 spiro atoms. The third kappa shape index (κ3) is 3.76. The summed E-state index contributed by atoms with van der Waals surface area (Å²) < 4.78 is 4.63. The van der Waals surface area contributed by atoms with Gasteiger partial charge in [0.25, 0.3) is 0 Å². The van der Waals surface area contributed by atoms with Crippen LogP contribution in [0.25, 0.3) is 0 Å². The predicted molar refractivity (Wildman–Crippen MR) is 35.7 cm³/mol. The molecular weight excluding hydrogens is 116 g/mol. The lowest BCUT2D eigenvalue weighted by Crippen LogP contribution is -2.07. The molecule has 0 saturated carbocycles. The van der Waals surface area contributed by atoms with Gasteiger partial charge in [-0.25, -0.2) is 0 Å². The first kappa shape index (κ1) is 8.21. The van der Waals surface area contributed by atoms with Crippen LogP contribution in [0, 0.1) is 5.92 Å². The van der Waals surface area contributed by atoms with E-state index in [1.54, 1.807) is 26.8 Å². The van der Waals surface area contributed by atoms with E-state index in [-0.39, 0.29) is 11.9 Å². The lowest BCUT2D eigenvalue weighted by atomic mass is 10.2. The largest absolute Gasteiger partial charge is 0.435 e. The first-order chi connectivity index (χ1) is 4.18. The minimum Gasteiger partial charge on any atom is -0.435 e. The maximum atomic E-state index is 10.6. The smallest absolute Gasteiger partial charge is 0.313 e. The molecule has 0 heterocycles. The fourth-order valence-electron chi connectivity index (χ4n) is 0.271. The summed E-state index contributed by atoms with van der Waals surface area (Å²) in [6.45, 7) is 5.39. The Morgan fingerprint density at radius 1 is 1.56 bits per heavy atom. The second-order valence-corrected chi connectivity index (χ2v) is 2.06. The van der Waals surface area contributed by atoms with Gasteiger partial charge < -0.3 is 4.74 Å². The van der Waals surface area contributed by atoms with Gasteiger partial charge in [-0.15, -0.1) is 0 Å². The van der Waals surface area contributed by atoms with Crippen molar-refractivity contribution in [2.75, 3.05) is 0 Å². The maximum Gasteiger partial charge on any atom is 0.313 e. The van der Waals surface area contributed by atoms with Crippen LogP contribution in [0.15, 0.2) is 12.3 Å². The molecule has 0 unspecified atom stereocenters. The Morgan fingerprint density at radius 2 is 2.11 bits per heavy atom. The van der Waals surface area contributed by atoms with Crippen LogP contribution in [-0.2, 0) is 9.53 Å². The number of carbonyl (C=O) groups is 1. The van der Waals surface area contributed by atoms with Crippen molar-refractivity contribution >= 4 is 5.97 Å². The van der Waals surface area contributed by atoms with Gasteiger partial charge in [0.15, 0.2) is 0 Å². The summed E-state index contributed by atoms with van der Waals surface area (Å²) >= 11 is 0. The number of carbonyl (C=O) groups excluding carboxylic acids is 1. The summed E-state index contributed by atoms with van der Waals surface area (Å²) in [5, 5.41) is 0. The molecule has 2 heteroatoms. The van der Waals surface area contributed by atoms with E-state index in [1.165, 1.54) is 6.26 Å². The van der Waals surface area contributed by atoms with Crippen molar-refractivity contribution in [1.82, 2.24) is 0 Å². The molecule has 0 rings (SSSR count). The monoisotopic (exact) mass is 128 g/mol. The molecule has 0 fully saturated rings. The SMILES string of the molecule is C/C=C/OC(=O)C(C)C. The van der Waals surface area contributed by atoms with Gasteiger partial charge in [-0.3, -0.25) is 4.79 Å². The summed E-state index contributed by atoms with van der Waals surface area (Å²) in [6.07, 6.45) is 3.07. The molecular formula is C7H12O2. The quantitative estimate of drug-likeness (QED) is 0.418. The molecule has 0 aromatic carbocycles. The normalized spacial score (nSPS) is 10.7. The standard InChI is InChI=1S/C7H12O2/c1-4-5-9-7(8)6(2)3/h4-6H,1-3H3/b5-4+. The van der Waals surface area contributed by atoms with Crippen LogP contribution in [0.1, 0.15) is 20.8 Å². The second kappa shape index (κ2) is 4.13. The topological polar surface area (TPSA) is 26.3 Å². The van der Waals surface area contributed by atoms with Gasteiger partial charge in [0.05, 0.1) is 12.2 Å². The Kier molecular flexibility index (Phi) is 3.76. The van der Waals surface area contributed by atoms with Gasteiger partial charge in [0.2, 0.25) is 0 Å². The molecule has 0 aromatic rings. The van der Waals surface area contributed by atoms with E-state index in [0.29, 0.717) is 0 Å². The highest BCUT2D eigenvalue weighted by molar-refractivity contribution is 5.72. The Labute approximate surface area is 55.5 Å². The van der Waals surface area contributed by atoms with Crippen LogP contribution in [0.2, 0.25) is 0 Å². The fraction of sp³-hybridized carbons (Fsp3) is 0.571. The number of rotatable bonds is 2. The van der Waals surface area contributed by atoms with Crippen molar-refractivity contribution < 1.29 is 9.53 Å². The molecule has 0 aliphatic heterocycles. The minimum absolute atomic E-state index is 0.0406. The molecule has 0 N–H and O–H groups in total. The van der Waals surface area contributed by atoms with Gasteiger partial charge in [0.1, 0.15) is 0 Å². The Balaban J connectivity index is 3.51. The first-order valence-corrected chi connectivity index (χ1v) is 3.00. The van der Waals surface area contributed by atoms with Crippen LogP contribution in [0.3, 0.4) is 0 Å². The molecule has 0 amide bonds. The molecule has 0 radical (unpaired) electrons. The number of allylic oxidation sites excluding steroid dienone is 1. The summed E-state index contributed by atoms with van der Waals surface area (Å²) in [5.74, 6) is -0.228. The fourth-order valence-corrected chi connectivity index (χ4v) is 0.271. The second-order valence-electron chi connectivity index (χ2n) is 2.06. The van der Waals surface area contributed by atoms with E-state index < -0.39 is 0 Å². The third-order valence-electron chi connectivity index (χ3n) is 0.792. The van der Waals surface area contributed by atoms with Gasteiger partial charge in [-0.05, 0) is 6.92 Å². The third-order valence-corrected chi connectivity index (χ3v) is 0.792. The summed E-state index contributed by atoms with van der Waals surface area (Å²) in [6, 6.07) is 0. The van der Waals surface area contributed by atoms with Crippen LogP contribution < -0.4 is 0 Å². The molecule has 0 bridgehead atoms. The molecule has 0 aromatic heterocycles. The average Bonchev–Trinajstić information content (AvgIpc) is 1.82. The van der Waals surface area contributed by atoms with E-state index in [4.69, 9.17) is 0 Å². The first-order valence-electron chi connectivity index (χ1n) is 3.00.